The third kappa shape index (κ3) is 2.39. The van der Waals surface area contributed by atoms with Crippen LogP contribution in [0.5, 0.6) is 5.75 Å². The van der Waals surface area contributed by atoms with E-state index in [4.69, 9.17) is 0 Å². The van der Waals surface area contributed by atoms with Gasteiger partial charge in [-0.3, -0.25) is 4.79 Å². The van der Waals surface area contributed by atoms with Crippen molar-refractivity contribution in [2.24, 2.45) is 5.92 Å². The van der Waals surface area contributed by atoms with Gasteiger partial charge in [0, 0.05) is 18.0 Å². The number of phenolic OH excluding ortho intramolecular Hbond substituents is 1. The lowest BCUT2D eigenvalue weighted by atomic mass is 9.89. The lowest BCUT2D eigenvalue weighted by Crippen LogP contribution is -2.28. The molecular formula is C15H17N3O2. The Morgan fingerprint density at radius 1 is 1.45 bits per heavy atom. The zero-order valence-electron chi connectivity index (χ0n) is 11.3. The van der Waals surface area contributed by atoms with E-state index in [1.807, 2.05) is 6.92 Å². The van der Waals surface area contributed by atoms with Crippen molar-refractivity contribution >= 4 is 11.6 Å². The summed E-state index contributed by atoms with van der Waals surface area (Å²) in [5, 5.41) is 12.5. The molecule has 1 aromatic carbocycles. The normalized spacial score (nSPS) is 17.6. The van der Waals surface area contributed by atoms with E-state index in [0.717, 1.165) is 30.1 Å². The van der Waals surface area contributed by atoms with Crippen molar-refractivity contribution in [1.29, 1.82) is 0 Å². The largest absolute Gasteiger partial charge is 0.506 e. The number of anilines is 1. The van der Waals surface area contributed by atoms with Crippen LogP contribution in [-0.4, -0.2) is 21.0 Å². The summed E-state index contributed by atoms with van der Waals surface area (Å²) in [7, 11) is 0. The number of amides is 1. The van der Waals surface area contributed by atoms with Crippen LogP contribution in [0.1, 0.15) is 23.6 Å². The predicted octanol–water partition coefficient (Wildman–Crippen LogP) is 2.17. The molecule has 1 aromatic heterocycles. The van der Waals surface area contributed by atoms with Gasteiger partial charge in [-0.1, -0.05) is 12.1 Å². The molecule has 1 heterocycles. The van der Waals surface area contributed by atoms with E-state index in [1.54, 1.807) is 24.3 Å². The zero-order chi connectivity index (χ0) is 14.1. The molecule has 5 heteroatoms. The molecule has 0 aliphatic heterocycles. The number of imidazole rings is 1. The third-order valence-corrected chi connectivity index (χ3v) is 3.70. The van der Waals surface area contributed by atoms with Crippen molar-refractivity contribution in [3.63, 3.8) is 0 Å². The van der Waals surface area contributed by atoms with Crippen molar-refractivity contribution in [2.75, 3.05) is 5.32 Å². The van der Waals surface area contributed by atoms with Crippen molar-refractivity contribution in [2.45, 2.75) is 26.2 Å². The molecule has 104 valence electrons. The number of benzene rings is 1. The maximum atomic E-state index is 12.3. The molecule has 0 saturated heterocycles. The fraction of sp³-hybridized carbons (Fsp3) is 0.333. The van der Waals surface area contributed by atoms with Gasteiger partial charge in [0.1, 0.15) is 11.6 Å². The van der Waals surface area contributed by atoms with Gasteiger partial charge in [0.05, 0.1) is 11.4 Å². The molecule has 5 nitrogen and oxygen atoms in total. The van der Waals surface area contributed by atoms with E-state index in [1.165, 1.54) is 0 Å². The van der Waals surface area contributed by atoms with E-state index in [2.05, 4.69) is 15.3 Å². The molecule has 0 spiro atoms. The second-order valence-electron chi connectivity index (χ2n) is 5.19. The van der Waals surface area contributed by atoms with E-state index >= 15 is 0 Å². The number of aromatic hydroxyl groups is 1. The average molecular weight is 271 g/mol. The number of aromatic nitrogens is 2. The Balaban J connectivity index is 1.72. The number of nitrogens with zero attached hydrogens (tertiary/aromatic N) is 1. The van der Waals surface area contributed by atoms with E-state index in [-0.39, 0.29) is 17.6 Å². The molecule has 1 amide bonds. The number of H-pyrrole nitrogens is 1. The number of aromatic amines is 1. The minimum Gasteiger partial charge on any atom is -0.506 e. The number of rotatable bonds is 2. The van der Waals surface area contributed by atoms with Crippen molar-refractivity contribution < 1.29 is 9.90 Å². The van der Waals surface area contributed by atoms with Gasteiger partial charge < -0.3 is 15.4 Å². The Morgan fingerprint density at radius 2 is 2.25 bits per heavy atom. The number of hydrogen-bond acceptors (Lipinski definition) is 3. The Kier molecular flexibility index (Phi) is 3.18. The number of aryl methyl sites for hydroxylation is 2. The van der Waals surface area contributed by atoms with Crippen molar-refractivity contribution in [3.8, 4) is 5.75 Å². The van der Waals surface area contributed by atoms with Crippen LogP contribution in [0.25, 0.3) is 0 Å². The van der Waals surface area contributed by atoms with Gasteiger partial charge >= 0.3 is 0 Å². The fourth-order valence-electron chi connectivity index (χ4n) is 2.66. The highest BCUT2D eigenvalue weighted by atomic mass is 16.3. The van der Waals surface area contributed by atoms with Crippen LogP contribution in [0.4, 0.5) is 5.69 Å². The maximum absolute atomic E-state index is 12.3. The first kappa shape index (κ1) is 12.7. The first-order chi connectivity index (χ1) is 9.63. The van der Waals surface area contributed by atoms with Gasteiger partial charge in [-0.25, -0.2) is 4.98 Å². The van der Waals surface area contributed by atoms with E-state index < -0.39 is 0 Å². The highest BCUT2D eigenvalue weighted by molar-refractivity contribution is 5.94. The predicted molar refractivity (Wildman–Crippen MR) is 75.6 cm³/mol. The fourth-order valence-corrected chi connectivity index (χ4v) is 2.66. The summed E-state index contributed by atoms with van der Waals surface area (Å²) in [5.41, 5.74) is 2.60. The SMILES string of the molecule is Cc1nc2c([nH]1)CC(C(=O)Nc1ccccc1O)CC2. The van der Waals surface area contributed by atoms with E-state index in [9.17, 15) is 9.90 Å². The Hall–Kier alpha value is -2.30. The highest BCUT2D eigenvalue weighted by Crippen LogP contribution is 2.27. The molecule has 0 radical (unpaired) electrons. The number of fused-ring (bicyclic) bond motifs is 1. The average Bonchev–Trinajstić information content (AvgIpc) is 2.80. The van der Waals surface area contributed by atoms with Gasteiger partial charge in [-0.2, -0.15) is 0 Å². The summed E-state index contributed by atoms with van der Waals surface area (Å²) in [5.74, 6) is 0.859. The summed E-state index contributed by atoms with van der Waals surface area (Å²) in [6.07, 6.45) is 2.28. The van der Waals surface area contributed by atoms with Gasteiger partial charge in [-0.15, -0.1) is 0 Å². The first-order valence-corrected chi connectivity index (χ1v) is 6.76. The van der Waals surface area contributed by atoms with Crippen LogP contribution in [0, 0.1) is 12.8 Å². The molecule has 1 unspecified atom stereocenters. The lowest BCUT2D eigenvalue weighted by molar-refractivity contribution is -0.120. The molecule has 0 fully saturated rings. The Morgan fingerprint density at radius 3 is 3.05 bits per heavy atom. The zero-order valence-corrected chi connectivity index (χ0v) is 11.3. The van der Waals surface area contributed by atoms with Crippen molar-refractivity contribution in [3.05, 3.63) is 41.5 Å². The van der Waals surface area contributed by atoms with Crippen LogP contribution in [0.15, 0.2) is 24.3 Å². The van der Waals surface area contributed by atoms with Gasteiger partial charge in [0.15, 0.2) is 0 Å². The lowest BCUT2D eigenvalue weighted by Gasteiger charge is -2.20. The van der Waals surface area contributed by atoms with Crippen LogP contribution < -0.4 is 5.32 Å². The molecule has 3 rings (SSSR count). The standard InChI is InChI=1S/C15H17N3O2/c1-9-16-11-7-6-10(8-13(11)17-9)15(20)18-12-4-2-3-5-14(12)19/h2-5,10,19H,6-8H2,1H3,(H,16,17)(H,18,20). The Labute approximate surface area is 117 Å². The van der Waals surface area contributed by atoms with Crippen LogP contribution in [0.3, 0.4) is 0 Å². The number of carbonyl (C=O) groups is 1. The highest BCUT2D eigenvalue weighted by Gasteiger charge is 2.27. The summed E-state index contributed by atoms with van der Waals surface area (Å²) in [6, 6.07) is 6.77. The topological polar surface area (TPSA) is 78.0 Å². The number of para-hydroxylation sites is 2. The van der Waals surface area contributed by atoms with Gasteiger partial charge in [0.2, 0.25) is 5.91 Å². The molecule has 2 aromatic rings. The summed E-state index contributed by atoms with van der Waals surface area (Å²) in [4.78, 5) is 19.9. The smallest absolute Gasteiger partial charge is 0.227 e. The van der Waals surface area contributed by atoms with Crippen LogP contribution in [-0.2, 0) is 17.6 Å². The van der Waals surface area contributed by atoms with Gasteiger partial charge in [0.25, 0.3) is 0 Å². The Bertz CT molecular complexity index is 648. The number of hydrogen-bond donors (Lipinski definition) is 3. The minimum absolute atomic E-state index is 0.0515. The second kappa shape index (κ2) is 5.00. The first-order valence-electron chi connectivity index (χ1n) is 6.76. The summed E-state index contributed by atoms with van der Waals surface area (Å²) in [6.45, 7) is 1.93. The van der Waals surface area contributed by atoms with Crippen LogP contribution in [0.2, 0.25) is 0 Å². The third-order valence-electron chi connectivity index (χ3n) is 3.70. The molecule has 20 heavy (non-hydrogen) atoms. The second-order valence-corrected chi connectivity index (χ2v) is 5.19. The molecule has 1 aliphatic rings. The molecule has 0 bridgehead atoms. The monoisotopic (exact) mass is 271 g/mol. The molecule has 1 aliphatic carbocycles. The molecule has 1 atom stereocenters. The molecular weight excluding hydrogens is 254 g/mol. The molecule has 0 saturated carbocycles. The summed E-state index contributed by atoms with van der Waals surface area (Å²) < 4.78 is 0. The summed E-state index contributed by atoms with van der Waals surface area (Å²) >= 11 is 0. The quantitative estimate of drug-likeness (QED) is 0.732. The van der Waals surface area contributed by atoms with Gasteiger partial charge in [-0.05, 0) is 31.9 Å². The van der Waals surface area contributed by atoms with E-state index in [0.29, 0.717) is 12.1 Å². The van der Waals surface area contributed by atoms with Crippen molar-refractivity contribution in [1.82, 2.24) is 9.97 Å². The minimum atomic E-state index is -0.0815. The maximum Gasteiger partial charge on any atom is 0.227 e. The molecule has 3 N–H and O–H groups in total. The number of phenols is 1. The number of nitrogens with one attached hydrogen (secondary N) is 2. The van der Waals surface area contributed by atoms with Crippen LogP contribution >= 0.6 is 0 Å². The number of carbonyl (C=O) groups excluding carboxylic acids is 1.